The molecule has 0 saturated carbocycles. The molecule has 1 heterocycles. The van der Waals surface area contributed by atoms with Crippen LogP contribution in [0.1, 0.15) is 33.1 Å². The lowest BCUT2D eigenvalue weighted by Gasteiger charge is -2.31. The summed E-state index contributed by atoms with van der Waals surface area (Å²) in [5.41, 5.74) is 0. The fourth-order valence-corrected chi connectivity index (χ4v) is 1.93. The smallest absolute Gasteiger partial charge is 0.219 e. The third-order valence-corrected chi connectivity index (χ3v) is 2.93. The number of ether oxygens (including phenoxy) is 1. The molecule has 0 N–H and O–H groups in total. The van der Waals surface area contributed by atoms with E-state index in [4.69, 9.17) is 4.74 Å². The molecule has 1 amide bonds. The zero-order valence-electron chi connectivity index (χ0n) is 9.29. The highest BCUT2D eigenvalue weighted by atomic mass is 16.5. The highest BCUT2D eigenvalue weighted by Crippen LogP contribution is 2.20. The van der Waals surface area contributed by atoms with E-state index in [0.29, 0.717) is 0 Å². The summed E-state index contributed by atoms with van der Waals surface area (Å²) in [6.45, 7) is 7.24. The van der Waals surface area contributed by atoms with Crippen molar-refractivity contribution in [2.75, 3.05) is 26.3 Å². The summed E-state index contributed by atoms with van der Waals surface area (Å²) in [6, 6.07) is 0. The first-order valence-corrected chi connectivity index (χ1v) is 5.57. The molecule has 1 aliphatic heterocycles. The lowest BCUT2D eigenvalue weighted by molar-refractivity contribution is -0.130. The van der Waals surface area contributed by atoms with Gasteiger partial charge in [-0.2, -0.15) is 0 Å². The van der Waals surface area contributed by atoms with Crippen molar-refractivity contribution in [1.29, 1.82) is 0 Å². The average Bonchev–Trinajstić information content (AvgIpc) is 2.19. The van der Waals surface area contributed by atoms with Crippen molar-refractivity contribution in [2.24, 2.45) is 5.92 Å². The monoisotopic (exact) mass is 199 g/mol. The molecule has 1 saturated heterocycles. The van der Waals surface area contributed by atoms with Crippen molar-refractivity contribution in [3.8, 4) is 0 Å². The zero-order chi connectivity index (χ0) is 10.4. The Labute approximate surface area is 86.4 Å². The van der Waals surface area contributed by atoms with E-state index in [1.165, 1.54) is 0 Å². The van der Waals surface area contributed by atoms with Crippen LogP contribution in [-0.2, 0) is 9.53 Å². The van der Waals surface area contributed by atoms with Crippen LogP contribution in [0.5, 0.6) is 0 Å². The van der Waals surface area contributed by atoms with E-state index in [-0.39, 0.29) is 5.91 Å². The predicted molar refractivity (Wildman–Crippen MR) is 56.1 cm³/mol. The number of likely N-dealkylation sites (tertiary alicyclic amines) is 1. The molecule has 1 fully saturated rings. The number of piperidine rings is 1. The topological polar surface area (TPSA) is 29.5 Å². The SMILES string of the molecule is CCOCCC1CCN(C(C)=O)CC1. The Balaban J connectivity index is 2.12. The Morgan fingerprint density at radius 1 is 1.43 bits per heavy atom. The number of rotatable bonds is 4. The summed E-state index contributed by atoms with van der Waals surface area (Å²) < 4.78 is 5.33. The minimum atomic E-state index is 0.216. The highest BCUT2D eigenvalue weighted by Gasteiger charge is 2.19. The van der Waals surface area contributed by atoms with E-state index in [2.05, 4.69) is 0 Å². The normalized spacial score (nSPS) is 18.6. The minimum Gasteiger partial charge on any atom is -0.382 e. The second-order valence-electron chi connectivity index (χ2n) is 3.94. The van der Waals surface area contributed by atoms with Crippen LogP contribution < -0.4 is 0 Å². The largest absolute Gasteiger partial charge is 0.382 e. The second-order valence-corrected chi connectivity index (χ2v) is 3.94. The van der Waals surface area contributed by atoms with Gasteiger partial charge in [0.25, 0.3) is 0 Å². The molecule has 1 aliphatic rings. The molecular weight excluding hydrogens is 178 g/mol. The second kappa shape index (κ2) is 6.02. The quantitative estimate of drug-likeness (QED) is 0.645. The zero-order valence-corrected chi connectivity index (χ0v) is 9.29. The van der Waals surface area contributed by atoms with Crippen molar-refractivity contribution in [2.45, 2.75) is 33.1 Å². The van der Waals surface area contributed by atoms with Gasteiger partial charge in [0.2, 0.25) is 5.91 Å². The summed E-state index contributed by atoms with van der Waals surface area (Å²) in [6.07, 6.45) is 3.44. The lowest BCUT2D eigenvalue weighted by Crippen LogP contribution is -2.37. The highest BCUT2D eigenvalue weighted by molar-refractivity contribution is 5.73. The number of amides is 1. The molecule has 0 bridgehead atoms. The average molecular weight is 199 g/mol. The molecule has 82 valence electrons. The van der Waals surface area contributed by atoms with Crippen molar-refractivity contribution in [1.82, 2.24) is 4.90 Å². The number of nitrogens with zero attached hydrogens (tertiary/aromatic N) is 1. The van der Waals surface area contributed by atoms with Gasteiger partial charge >= 0.3 is 0 Å². The van der Waals surface area contributed by atoms with Crippen LogP contribution in [0.15, 0.2) is 0 Å². The molecule has 0 aromatic carbocycles. The van der Waals surface area contributed by atoms with Gasteiger partial charge in [-0.25, -0.2) is 0 Å². The summed E-state index contributed by atoms with van der Waals surface area (Å²) in [5.74, 6) is 0.977. The van der Waals surface area contributed by atoms with Crippen molar-refractivity contribution < 1.29 is 9.53 Å². The number of hydrogen-bond acceptors (Lipinski definition) is 2. The van der Waals surface area contributed by atoms with E-state index >= 15 is 0 Å². The summed E-state index contributed by atoms with van der Waals surface area (Å²) in [7, 11) is 0. The number of carbonyl (C=O) groups is 1. The lowest BCUT2D eigenvalue weighted by atomic mass is 9.94. The van der Waals surface area contributed by atoms with Gasteiger partial charge in [0.1, 0.15) is 0 Å². The van der Waals surface area contributed by atoms with E-state index in [0.717, 1.165) is 51.5 Å². The van der Waals surface area contributed by atoms with Gasteiger partial charge in [-0.3, -0.25) is 4.79 Å². The Morgan fingerprint density at radius 2 is 2.07 bits per heavy atom. The summed E-state index contributed by atoms with van der Waals surface area (Å²) in [5, 5.41) is 0. The van der Waals surface area contributed by atoms with Gasteiger partial charge in [0.15, 0.2) is 0 Å². The third-order valence-electron chi connectivity index (χ3n) is 2.93. The first-order valence-electron chi connectivity index (χ1n) is 5.57. The molecular formula is C11H21NO2. The van der Waals surface area contributed by atoms with E-state index < -0.39 is 0 Å². The molecule has 0 aliphatic carbocycles. The standard InChI is InChI=1S/C11H21NO2/c1-3-14-9-6-11-4-7-12(8-5-11)10(2)13/h11H,3-9H2,1-2H3. The molecule has 0 spiro atoms. The molecule has 0 aromatic heterocycles. The van der Waals surface area contributed by atoms with Crippen LogP contribution in [0.2, 0.25) is 0 Å². The van der Waals surface area contributed by atoms with Crippen molar-refractivity contribution in [3.63, 3.8) is 0 Å². The van der Waals surface area contributed by atoms with E-state index in [9.17, 15) is 4.79 Å². The van der Waals surface area contributed by atoms with Crippen molar-refractivity contribution in [3.05, 3.63) is 0 Å². The first-order chi connectivity index (χ1) is 6.74. The van der Waals surface area contributed by atoms with Crippen LogP contribution in [-0.4, -0.2) is 37.1 Å². The van der Waals surface area contributed by atoms with Crippen LogP contribution in [0, 0.1) is 5.92 Å². The number of hydrogen-bond donors (Lipinski definition) is 0. The molecule has 0 unspecified atom stereocenters. The van der Waals surface area contributed by atoms with Crippen LogP contribution in [0.25, 0.3) is 0 Å². The maximum absolute atomic E-state index is 11.1. The van der Waals surface area contributed by atoms with Gasteiger partial charge in [-0.15, -0.1) is 0 Å². The van der Waals surface area contributed by atoms with Crippen LogP contribution in [0.3, 0.4) is 0 Å². The predicted octanol–water partition coefficient (Wildman–Crippen LogP) is 1.67. The van der Waals surface area contributed by atoms with Gasteiger partial charge in [0.05, 0.1) is 0 Å². The van der Waals surface area contributed by atoms with Gasteiger partial charge < -0.3 is 9.64 Å². The summed E-state index contributed by atoms with van der Waals surface area (Å²) in [4.78, 5) is 13.0. The third kappa shape index (κ3) is 3.66. The molecule has 0 radical (unpaired) electrons. The molecule has 3 heteroatoms. The maximum Gasteiger partial charge on any atom is 0.219 e. The molecule has 0 aromatic rings. The van der Waals surface area contributed by atoms with Crippen LogP contribution in [0.4, 0.5) is 0 Å². The van der Waals surface area contributed by atoms with Crippen LogP contribution >= 0.6 is 0 Å². The summed E-state index contributed by atoms with van der Waals surface area (Å²) >= 11 is 0. The van der Waals surface area contributed by atoms with Gasteiger partial charge in [-0.1, -0.05) is 0 Å². The fourth-order valence-electron chi connectivity index (χ4n) is 1.93. The van der Waals surface area contributed by atoms with Crippen molar-refractivity contribution >= 4 is 5.91 Å². The van der Waals surface area contributed by atoms with Gasteiger partial charge in [0, 0.05) is 33.2 Å². The minimum absolute atomic E-state index is 0.216. The van der Waals surface area contributed by atoms with E-state index in [1.807, 2.05) is 11.8 Å². The Morgan fingerprint density at radius 3 is 2.57 bits per heavy atom. The molecule has 1 rings (SSSR count). The Bertz CT molecular complexity index is 174. The number of carbonyl (C=O) groups excluding carboxylic acids is 1. The fraction of sp³-hybridized carbons (Fsp3) is 0.909. The Hall–Kier alpha value is -0.570. The molecule has 0 atom stereocenters. The van der Waals surface area contributed by atoms with E-state index in [1.54, 1.807) is 6.92 Å². The molecule has 14 heavy (non-hydrogen) atoms. The first kappa shape index (κ1) is 11.5. The Kier molecular flexibility index (Phi) is 4.94. The molecule has 3 nitrogen and oxygen atoms in total. The van der Waals surface area contributed by atoms with Gasteiger partial charge in [-0.05, 0) is 32.1 Å². The maximum atomic E-state index is 11.1.